The van der Waals surface area contributed by atoms with E-state index in [4.69, 9.17) is 18.9 Å². The molecule has 0 aromatic heterocycles. The van der Waals surface area contributed by atoms with Crippen LogP contribution in [0.5, 0.6) is 0 Å². The second kappa shape index (κ2) is 7.74. The molecular weight excluding hydrogens is 348 g/mol. The lowest BCUT2D eigenvalue weighted by Gasteiger charge is -2.42. The molecule has 0 aromatic rings. The minimum atomic E-state index is -0.681. The van der Waals surface area contributed by atoms with Gasteiger partial charge in [0.1, 0.15) is 29.9 Å². The number of alkyl halides is 1. The third kappa shape index (κ3) is 5.28. The maximum absolute atomic E-state index is 11.2. The van der Waals surface area contributed by atoms with Gasteiger partial charge in [-0.25, -0.2) is 0 Å². The first kappa shape index (κ1) is 17.9. The average molecular weight is 367 g/mol. The number of esters is 3. The van der Waals surface area contributed by atoms with Crippen LogP contribution in [0, 0.1) is 5.92 Å². The van der Waals surface area contributed by atoms with Crippen LogP contribution in [-0.4, -0.2) is 47.8 Å². The molecule has 0 saturated carbocycles. The summed E-state index contributed by atoms with van der Waals surface area (Å²) in [5.74, 6) is -1.73. The largest absolute Gasteiger partial charge is 0.463 e. The van der Waals surface area contributed by atoms with Crippen molar-refractivity contribution in [1.29, 1.82) is 0 Å². The van der Waals surface area contributed by atoms with Crippen LogP contribution in [0.4, 0.5) is 0 Å². The molecule has 21 heavy (non-hydrogen) atoms. The fourth-order valence-electron chi connectivity index (χ4n) is 2.15. The minimum Gasteiger partial charge on any atom is -0.463 e. The number of carbonyl (C=O) groups excluding carboxylic acids is 3. The molecule has 8 heteroatoms. The Morgan fingerprint density at radius 2 is 1.52 bits per heavy atom. The quantitative estimate of drug-likeness (QED) is 0.419. The molecule has 1 rings (SSSR count). The maximum atomic E-state index is 11.2. The summed E-state index contributed by atoms with van der Waals surface area (Å²) in [6, 6.07) is 0. The van der Waals surface area contributed by atoms with Crippen LogP contribution in [0.15, 0.2) is 0 Å². The van der Waals surface area contributed by atoms with Crippen LogP contribution < -0.4 is 0 Å². The van der Waals surface area contributed by atoms with Gasteiger partial charge in [0.2, 0.25) is 0 Å². The van der Waals surface area contributed by atoms with E-state index in [9.17, 15) is 14.4 Å². The highest BCUT2D eigenvalue weighted by Gasteiger charge is 2.46. The highest BCUT2D eigenvalue weighted by molar-refractivity contribution is 9.09. The van der Waals surface area contributed by atoms with Gasteiger partial charge in [-0.1, -0.05) is 22.9 Å². The van der Waals surface area contributed by atoms with Crippen LogP contribution >= 0.6 is 15.9 Å². The number of rotatable bonds is 4. The van der Waals surface area contributed by atoms with E-state index in [1.54, 1.807) is 6.92 Å². The molecular formula is C13H19BrO7. The molecule has 0 N–H and O–H groups in total. The highest BCUT2D eigenvalue weighted by Crippen LogP contribution is 2.33. The molecule has 0 amide bonds. The zero-order valence-electron chi connectivity index (χ0n) is 12.3. The van der Waals surface area contributed by atoms with Crippen molar-refractivity contribution in [2.24, 2.45) is 5.92 Å². The molecule has 1 fully saturated rings. The van der Waals surface area contributed by atoms with Gasteiger partial charge in [0.15, 0.2) is 0 Å². The number of halogens is 1. The molecule has 0 aliphatic carbocycles. The summed E-state index contributed by atoms with van der Waals surface area (Å²) in [4.78, 5) is 33.3. The van der Waals surface area contributed by atoms with E-state index in [1.807, 2.05) is 0 Å². The molecule has 1 heterocycles. The van der Waals surface area contributed by atoms with Gasteiger partial charge in [-0.2, -0.15) is 0 Å². The third-order valence-electron chi connectivity index (χ3n) is 3.02. The lowest BCUT2D eigenvalue weighted by Crippen LogP contribution is -2.55. The first-order valence-electron chi connectivity index (χ1n) is 6.49. The molecule has 0 bridgehead atoms. The van der Waals surface area contributed by atoms with Crippen LogP contribution in [0.3, 0.4) is 0 Å². The zero-order valence-corrected chi connectivity index (χ0v) is 13.9. The molecule has 1 saturated heterocycles. The topological polar surface area (TPSA) is 88.1 Å². The smallest absolute Gasteiger partial charge is 0.303 e. The van der Waals surface area contributed by atoms with Crippen molar-refractivity contribution >= 4 is 33.8 Å². The Kier molecular flexibility index (Phi) is 6.60. The van der Waals surface area contributed by atoms with E-state index in [0.717, 1.165) is 0 Å². The van der Waals surface area contributed by atoms with Gasteiger partial charge in [0.05, 0.1) is 0 Å². The summed E-state index contributed by atoms with van der Waals surface area (Å²) in [5.41, 5.74) is 0. The summed E-state index contributed by atoms with van der Waals surface area (Å²) in [7, 11) is 0. The first-order valence-corrected chi connectivity index (χ1v) is 7.41. The van der Waals surface area contributed by atoms with Crippen molar-refractivity contribution in [3.05, 3.63) is 0 Å². The average Bonchev–Trinajstić information content (AvgIpc) is 2.35. The summed E-state index contributed by atoms with van der Waals surface area (Å²) in [6.07, 6.45) is -1.93. The normalized spacial score (nSPS) is 32.1. The number of carbonyl (C=O) groups is 3. The molecule has 3 unspecified atom stereocenters. The van der Waals surface area contributed by atoms with Gasteiger partial charge in [-0.3, -0.25) is 14.4 Å². The Morgan fingerprint density at radius 1 is 1.00 bits per heavy atom. The number of hydrogen-bond donors (Lipinski definition) is 0. The van der Waals surface area contributed by atoms with Gasteiger partial charge in [-0.15, -0.1) is 0 Å². The van der Waals surface area contributed by atoms with Gasteiger partial charge in [0.25, 0.3) is 0 Å². The van der Waals surface area contributed by atoms with Gasteiger partial charge in [0, 0.05) is 26.7 Å². The zero-order chi connectivity index (χ0) is 16.2. The summed E-state index contributed by atoms with van der Waals surface area (Å²) >= 11 is 3.28. The van der Waals surface area contributed by atoms with Crippen LogP contribution in [-0.2, 0) is 33.3 Å². The Hall–Kier alpha value is -1.15. The Bertz CT molecular complexity index is 409. The standard InChI is InChI=1S/C13H19BrO7/c1-6-11(19-8(3)16)10(5-18-7(2)15)21-13(14)12(6)20-9(4)17/h6,10-13H,5H2,1-4H3/t6?,10?,11-,12?,13+/m1/s1. The van der Waals surface area contributed by atoms with E-state index in [0.29, 0.717) is 0 Å². The SMILES string of the molecule is CC(=O)OCC1O[C@H](Br)C(OC(C)=O)C(C)[C@H]1OC(C)=O. The van der Waals surface area contributed by atoms with Gasteiger partial charge in [-0.05, 0) is 0 Å². The molecule has 120 valence electrons. The van der Waals surface area contributed by atoms with E-state index < -0.39 is 41.2 Å². The van der Waals surface area contributed by atoms with Crippen LogP contribution in [0.1, 0.15) is 27.7 Å². The minimum absolute atomic E-state index is 0.0491. The molecule has 7 nitrogen and oxygen atoms in total. The van der Waals surface area contributed by atoms with E-state index in [-0.39, 0.29) is 12.5 Å². The first-order chi connectivity index (χ1) is 9.72. The van der Waals surface area contributed by atoms with E-state index in [2.05, 4.69) is 15.9 Å². The fraction of sp³-hybridized carbons (Fsp3) is 0.769. The fourth-order valence-corrected chi connectivity index (χ4v) is 3.01. The Morgan fingerprint density at radius 3 is 2.00 bits per heavy atom. The van der Waals surface area contributed by atoms with Crippen molar-refractivity contribution in [3.8, 4) is 0 Å². The monoisotopic (exact) mass is 366 g/mol. The predicted octanol–water partition coefficient (Wildman–Crippen LogP) is 1.17. The Labute approximate surface area is 131 Å². The summed E-state index contributed by atoms with van der Waals surface area (Å²) < 4.78 is 21.0. The molecule has 0 radical (unpaired) electrons. The molecule has 1 aliphatic rings. The van der Waals surface area contributed by atoms with Crippen molar-refractivity contribution in [1.82, 2.24) is 0 Å². The highest BCUT2D eigenvalue weighted by atomic mass is 79.9. The molecule has 1 aliphatic heterocycles. The van der Waals surface area contributed by atoms with E-state index >= 15 is 0 Å². The molecule has 0 spiro atoms. The Balaban J connectivity index is 2.86. The van der Waals surface area contributed by atoms with Gasteiger partial charge >= 0.3 is 17.9 Å². The maximum Gasteiger partial charge on any atom is 0.303 e. The van der Waals surface area contributed by atoms with Crippen molar-refractivity contribution < 1.29 is 33.3 Å². The van der Waals surface area contributed by atoms with Crippen LogP contribution in [0.2, 0.25) is 0 Å². The van der Waals surface area contributed by atoms with Crippen molar-refractivity contribution in [2.75, 3.05) is 6.61 Å². The second-order valence-corrected chi connectivity index (χ2v) is 5.74. The van der Waals surface area contributed by atoms with Crippen LogP contribution in [0.25, 0.3) is 0 Å². The van der Waals surface area contributed by atoms with Crippen molar-refractivity contribution in [2.45, 2.75) is 51.0 Å². The molecule has 5 atom stereocenters. The van der Waals surface area contributed by atoms with E-state index in [1.165, 1.54) is 20.8 Å². The van der Waals surface area contributed by atoms with Gasteiger partial charge < -0.3 is 18.9 Å². The third-order valence-corrected chi connectivity index (χ3v) is 3.76. The summed E-state index contributed by atoms with van der Waals surface area (Å²) in [5, 5.41) is -0.580. The number of ether oxygens (including phenoxy) is 4. The second-order valence-electron chi connectivity index (χ2n) is 4.84. The summed E-state index contributed by atoms with van der Waals surface area (Å²) in [6.45, 7) is 5.57. The molecule has 0 aromatic carbocycles. The predicted molar refractivity (Wildman–Crippen MR) is 74.5 cm³/mol. The lowest BCUT2D eigenvalue weighted by molar-refractivity contribution is -0.210. The lowest BCUT2D eigenvalue weighted by atomic mass is 9.91. The van der Waals surface area contributed by atoms with Crippen molar-refractivity contribution in [3.63, 3.8) is 0 Å². The number of hydrogen-bond acceptors (Lipinski definition) is 7.